The second-order valence-electron chi connectivity index (χ2n) is 4.50. The minimum atomic E-state index is 0.520. The summed E-state index contributed by atoms with van der Waals surface area (Å²) < 4.78 is 0. The summed E-state index contributed by atoms with van der Waals surface area (Å²) in [5.41, 5.74) is 1.22. The molecule has 0 amide bonds. The molecule has 1 aliphatic heterocycles. The highest BCUT2D eigenvalue weighted by Crippen LogP contribution is 2.29. The minimum absolute atomic E-state index is 0.520. The standard InChI is InChI=1S/C12H21N3S/c1-9-12(16-11(3)14-9)10(2)15-7-4-5-13-6-8-15/h10,13H,4-8H2,1-3H3. The molecule has 4 heteroatoms. The van der Waals surface area contributed by atoms with E-state index in [0.717, 1.165) is 19.6 Å². The van der Waals surface area contributed by atoms with Gasteiger partial charge in [0.25, 0.3) is 0 Å². The molecule has 0 aromatic carbocycles. The highest BCUT2D eigenvalue weighted by Gasteiger charge is 2.20. The van der Waals surface area contributed by atoms with Crippen molar-refractivity contribution in [2.45, 2.75) is 33.2 Å². The summed E-state index contributed by atoms with van der Waals surface area (Å²) in [5, 5.41) is 4.64. The van der Waals surface area contributed by atoms with Crippen molar-refractivity contribution in [3.05, 3.63) is 15.6 Å². The Morgan fingerprint density at radius 2 is 2.12 bits per heavy atom. The van der Waals surface area contributed by atoms with Crippen LogP contribution < -0.4 is 5.32 Å². The van der Waals surface area contributed by atoms with Crippen LogP contribution in [0.15, 0.2) is 0 Å². The van der Waals surface area contributed by atoms with E-state index in [1.165, 1.54) is 28.5 Å². The average molecular weight is 239 g/mol. The molecule has 0 aliphatic carbocycles. The van der Waals surface area contributed by atoms with E-state index in [1.54, 1.807) is 0 Å². The second-order valence-corrected chi connectivity index (χ2v) is 5.73. The largest absolute Gasteiger partial charge is 0.315 e. The molecule has 1 unspecified atom stereocenters. The zero-order valence-corrected chi connectivity index (χ0v) is 11.2. The number of nitrogens with zero attached hydrogens (tertiary/aromatic N) is 2. The lowest BCUT2D eigenvalue weighted by atomic mass is 10.2. The summed E-state index contributed by atoms with van der Waals surface area (Å²) in [6.07, 6.45) is 1.25. The fourth-order valence-electron chi connectivity index (χ4n) is 2.35. The maximum Gasteiger partial charge on any atom is 0.0900 e. The van der Waals surface area contributed by atoms with Gasteiger partial charge in [0.15, 0.2) is 0 Å². The van der Waals surface area contributed by atoms with Gasteiger partial charge in [0, 0.05) is 30.6 Å². The second kappa shape index (κ2) is 5.25. The molecule has 0 saturated carbocycles. The summed E-state index contributed by atoms with van der Waals surface area (Å²) >= 11 is 1.85. The number of thiazole rings is 1. The summed E-state index contributed by atoms with van der Waals surface area (Å²) in [7, 11) is 0. The van der Waals surface area contributed by atoms with Crippen molar-refractivity contribution in [3.8, 4) is 0 Å². The maximum absolute atomic E-state index is 4.53. The monoisotopic (exact) mass is 239 g/mol. The molecule has 1 aromatic rings. The van der Waals surface area contributed by atoms with E-state index in [9.17, 15) is 0 Å². The van der Waals surface area contributed by atoms with Crippen molar-refractivity contribution in [3.63, 3.8) is 0 Å². The Labute approximate surface area is 102 Å². The molecule has 0 spiro atoms. The number of hydrogen-bond acceptors (Lipinski definition) is 4. The Hall–Kier alpha value is -0.450. The molecular weight excluding hydrogens is 218 g/mol. The van der Waals surface area contributed by atoms with Gasteiger partial charge in [-0.1, -0.05) is 0 Å². The highest BCUT2D eigenvalue weighted by molar-refractivity contribution is 7.11. The lowest BCUT2D eigenvalue weighted by Gasteiger charge is -2.26. The number of rotatable bonds is 2. The summed E-state index contributed by atoms with van der Waals surface area (Å²) in [6, 6.07) is 0.520. The van der Waals surface area contributed by atoms with E-state index in [-0.39, 0.29) is 0 Å². The minimum Gasteiger partial charge on any atom is -0.315 e. The Kier molecular flexibility index (Phi) is 3.95. The average Bonchev–Trinajstić information content (AvgIpc) is 2.49. The number of aromatic nitrogens is 1. The zero-order valence-electron chi connectivity index (χ0n) is 10.4. The smallest absolute Gasteiger partial charge is 0.0900 e. The third kappa shape index (κ3) is 2.62. The van der Waals surface area contributed by atoms with E-state index < -0.39 is 0 Å². The van der Waals surface area contributed by atoms with E-state index >= 15 is 0 Å². The topological polar surface area (TPSA) is 28.2 Å². The molecule has 1 atom stereocenters. The number of aryl methyl sites for hydroxylation is 2. The Balaban J connectivity index is 2.10. The van der Waals surface area contributed by atoms with Gasteiger partial charge in [-0.3, -0.25) is 4.90 Å². The van der Waals surface area contributed by atoms with Gasteiger partial charge in [0.1, 0.15) is 0 Å². The van der Waals surface area contributed by atoms with Gasteiger partial charge in [-0.25, -0.2) is 4.98 Å². The molecule has 2 heterocycles. The van der Waals surface area contributed by atoms with Crippen molar-refractivity contribution in [2.24, 2.45) is 0 Å². The van der Waals surface area contributed by atoms with Gasteiger partial charge >= 0.3 is 0 Å². The van der Waals surface area contributed by atoms with Gasteiger partial charge < -0.3 is 5.32 Å². The SMILES string of the molecule is Cc1nc(C)c(C(C)N2CCCNCC2)s1. The first-order valence-corrected chi connectivity index (χ1v) is 6.89. The lowest BCUT2D eigenvalue weighted by Crippen LogP contribution is -2.30. The fourth-order valence-corrected chi connectivity index (χ4v) is 3.37. The Morgan fingerprint density at radius 3 is 2.81 bits per heavy atom. The summed E-state index contributed by atoms with van der Waals surface area (Å²) in [4.78, 5) is 8.54. The first kappa shape index (κ1) is 12.0. The van der Waals surface area contributed by atoms with Crippen LogP contribution in [0, 0.1) is 13.8 Å². The zero-order chi connectivity index (χ0) is 11.5. The molecular formula is C12H21N3S. The van der Waals surface area contributed by atoms with Gasteiger partial charge in [-0.2, -0.15) is 0 Å². The highest BCUT2D eigenvalue weighted by atomic mass is 32.1. The first-order chi connectivity index (χ1) is 7.68. The lowest BCUT2D eigenvalue weighted by molar-refractivity contribution is 0.227. The molecule has 1 saturated heterocycles. The van der Waals surface area contributed by atoms with Gasteiger partial charge in [-0.05, 0) is 33.7 Å². The molecule has 90 valence electrons. The fraction of sp³-hybridized carbons (Fsp3) is 0.750. The van der Waals surface area contributed by atoms with Crippen LogP contribution in [0.2, 0.25) is 0 Å². The van der Waals surface area contributed by atoms with Crippen LogP contribution in [0.4, 0.5) is 0 Å². The van der Waals surface area contributed by atoms with Crippen molar-refractivity contribution in [2.75, 3.05) is 26.2 Å². The predicted octanol–water partition coefficient (Wildman–Crippen LogP) is 2.12. The third-order valence-electron chi connectivity index (χ3n) is 3.24. The van der Waals surface area contributed by atoms with Crippen LogP contribution in [0.5, 0.6) is 0 Å². The van der Waals surface area contributed by atoms with E-state index in [4.69, 9.17) is 0 Å². The van der Waals surface area contributed by atoms with Crippen LogP contribution in [-0.2, 0) is 0 Å². The van der Waals surface area contributed by atoms with E-state index in [1.807, 2.05) is 11.3 Å². The number of hydrogen-bond donors (Lipinski definition) is 1. The Bertz CT molecular complexity index is 340. The third-order valence-corrected chi connectivity index (χ3v) is 4.48. The molecule has 1 N–H and O–H groups in total. The normalized spacial score (nSPS) is 20.7. The van der Waals surface area contributed by atoms with Crippen LogP contribution in [0.3, 0.4) is 0 Å². The summed E-state index contributed by atoms with van der Waals surface area (Å²) in [6.45, 7) is 11.2. The van der Waals surface area contributed by atoms with Gasteiger partial charge in [0.05, 0.1) is 10.7 Å². The maximum atomic E-state index is 4.53. The van der Waals surface area contributed by atoms with Gasteiger partial charge in [-0.15, -0.1) is 11.3 Å². The van der Waals surface area contributed by atoms with Crippen LogP contribution in [0.1, 0.15) is 35.0 Å². The van der Waals surface area contributed by atoms with Gasteiger partial charge in [0.2, 0.25) is 0 Å². The molecule has 3 nitrogen and oxygen atoms in total. The van der Waals surface area contributed by atoms with Crippen LogP contribution >= 0.6 is 11.3 Å². The quantitative estimate of drug-likeness (QED) is 0.857. The molecule has 1 fully saturated rings. The molecule has 2 rings (SSSR count). The molecule has 1 aromatic heterocycles. The van der Waals surface area contributed by atoms with Crippen molar-refractivity contribution < 1.29 is 0 Å². The van der Waals surface area contributed by atoms with E-state index in [2.05, 4.69) is 36.0 Å². The predicted molar refractivity (Wildman–Crippen MR) is 69.1 cm³/mol. The van der Waals surface area contributed by atoms with Crippen molar-refractivity contribution in [1.82, 2.24) is 15.2 Å². The van der Waals surface area contributed by atoms with Crippen LogP contribution in [-0.4, -0.2) is 36.1 Å². The van der Waals surface area contributed by atoms with Crippen molar-refractivity contribution >= 4 is 11.3 Å². The molecule has 0 radical (unpaired) electrons. The molecule has 1 aliphatic rings. The summed E-state index contributed by atoms with van der Waals surface area (Å²) in [5.74, 6) is 0. The Morgan fingerprint density at radius 1 is 1.31 bits per heavy atom. The molecule has 16 heavy (non-hydrogen) atoms. The molecule has 0 bridgehead atoms. The van der Waals surface area contributed by atoms with E-state index in [0.29, 0.717) is 6.04 Å². The first-order valence-electron chi connectivity index (χ1n) is 6.07. The van der Waals surface area contributed by atoms with Crippen LogP contribution in [0.25, 0.3) is 0 Å². The number of nitrogens with one attached hydrogen (secondary N) is 1. The van der Waals surface area contributed by atoms with Crippen molar-refractivity contribution in [1.29, 1.82) is 0 Å².